The summed E-state index contributed by atoms with van der Waals surface area (Å²) in [4.78, 5) is 0. The normalized spacial score (nSPS) is 9.25. The van der Waals surface area contributed by atoms with E-state index in [1.165, 1.54) is 0 Å². The molecule has 8 heavy (non-hydrogen) atoms. The first kappa shape index (κ1) is 11.6. The van der Waals surface area contributed by atoms with E-state index < -0.39 is 8.07 Å². The molecule has 0 fully saturated rings. The Labute approximate surface area is 67.0 Å². The Kier molecular flexibility index (Phi) is 8.73. The molecule has 44 valence electrons. The zero-order valence-electron chi connectivity index (χ0n) is 5.74. The summed E-state index contributed by atoms with van der Waals surface area (Å²) in [6.07, 6.45) is 0. The fourth-order valence-electron chi connectivity index (χ4n) is 0. The van der Waals surface area contributed by atoms with Crippen LogP contribution in [0.15, 0.2) is 5.70 Å². The third-order valence-corrected chi connectivity index (χ3v) is 1.50. The van der Waals surface area contributed by atoms with Gasteiger partial charge >= 0.3 is 27.0 Å². The second kappa shape index (κ2) is 6.00. The maximum absolute atomic E-state index is 5.24. The van der Waals surface area contributed by atoms with Crippen molar-refractivity contribution in [1.82, 2.24) is 0 Å². The first-order chi connectivity index (χ1) is 3.56. The molecule has 0 amide bonds. The van der Waals surface area contributed by atoms with Crippen molar-refractivity contribution in [3.63, 3.8) is 0 Å². The van der Waals surface area contributed by atoms with Crippen LogP contribution in [0.5, 0.6) is 0 Å². The SMILES string of the molecule is [CH-]=C[Si](C)(C)C.[Cl][Zn+]. The molecular weight excluding hydrogens is 189 g/mol. The van der Waals surface area contributed by atoms with Crippen LogP contribution in [-0.2, 0) is 17.3 Å². The number of hydrogen-bond donors (Lipinski definition) is 0. The van der Waals surface area contributed by atoms with E-state index >= 15 is 0 Å². The Morgan fingerprint density at radius 1 is 1.38 bits per heavy atom. The van der Waals surface area contributed by atoms with Gasteiger partial charge in [0.05, 0.1) is 0 Å². The van der Waals surface area contributed by atoms with Crippen LogP contribution in [0.1, 0.15) is 0 Å². The number of hydrogen-bond acceptors (Lipinski definition) is 0. The Morgan fingerprint density at radius 2 is 1.50 bits per heavy atom. The molecule has 0 spiro atoms. The summed E-state index contributed by atoms with van der Waals surface area (Å²) in [7, 11) is 3.79. The van der Waals surface area contributed by atoms with Crippen LogP contribution < -0.4 is 0 Å². The van der Waals surface area contributed by atoms with Crippen molar-refractivity contribution in [2.75, 3.05) is 0 Å². The molecule has 0 aromatic rings. The molecule has 0 aliphatic rings. The summed E-state index contributed by atoms with van der Waals surface area (Å²) in [5, 5.41) is 0. The fraction of sp³-hybridized carbons (Fsp3) is 0.600. The van der Waals surface area contributed by atoms with Gasteiger partial charge in [-0.05, 0) is 0 Å². The number of halogens is 1. The zero-order chi connectivity index (χ0) is 7.21. The van der Waals surface area contributed by atoms with Crippen molar-refractivity contribution >= 4 is 17.8 Å². The van der Waals surface area contributed by atoms with Gasteiger partial charge in [0.1, 0.15) is 0 Å². The predicted octanol–water partition coefficient (Wildman–Crippen LogP) is 2.54. The van der Waals surface area contributed by atoms with Crippen LogP contribution in [-0.4, -0.2) is 8.07 Å². The molecule has 0 rings (SSSR count). The van der Waals surface area contributed by atoms with E-state index in [9.17, 15) is 0 Å². The predicted molar refractivity (Wildman–Crippen MR) is 38.1 cm³/mol. The van der Waals surface area contributed by atoms with E-state index in [-0.39, 0.29) is 0 Å². The van der Waals surface area contributed by atoms with Crippen molar-refractivity contribution in [3.8, 4) is 0 Å². The third-order valence-electron chi connectivity index (χ3n) is 0.500. The van der Waals surface area contributed by atoms with Crippen LogP contribution in [0.25, 0.3) is 0 Å². The minimum absolute atomic E-state index is 0.847. The second-order valence-electron chi connectivity index (χ2n) is 2.53. The Hall–Kier alpha value is 0.870. The molecule has 0 aliphatic heterocycles. The molecule has 0 aliphatic carbocycles. The Morgan fingerprint density at radius 3 is 1.50 bits per heavy atom. The van der Waals surface area contributed by atoms with Gasteiger partial charge < -0.3 is 6.58 Å². The molecule has 0 saturated carbocycles. The average Bonchev–Trinajstić information content (AvgIpc) is 1.71. The molecule has 3 heteroatoms. The van der Waals surface area contributed by atoms with Crippen molar-refractivity contribution in [1.29, 1.82) is 0 Å². The van der Waals surface area contributed by atoms with Crippen LogP contribution in [0.2, 0.25) is 19.6 Å². The molecule has 0 unspecified atom stereocenters. The molecule has 0 nitrogen and oxygen atoms in total. The van der Waals surface area contributed by atoms with Gasteiger partial charge in [-0.15, -0.1) is 0 Å². The van der Waals surface area contributed by atoms with Gasteiger partial charge in [-0.25, -0.2) is 0 Å². The summed E-state index contributed by atoms with van der Waals surface area (Å²) in [6, 6.07) is 0. The quantitative estimate of drug-likeness (QED) is 0.450. The van der Waals surface area contributed by atoms with Gasteiger partial charge in [-0.2, -0.15) is 0 Å². The van der Waals surface area contributed by atoms with Gasteiger partial charge in [0.25, 0.3) is 0 Å². The van der Waals surface area contributed by atoms with Crippen LogP contribution in [0.4, 0.5) is 0 Å². The molecule has 0 saturated heterocycles. The second-order valence-corrected chi connectivity index (χ2v) is 7.60. The van der Waals surface area contributed by atoms with E-state index in [0.29, 0.717) is 0 Å². The third kappa shape index (κ3) is 15.8. The first-order valence-electron chi connectivity index (χ1n) is 2.39. The van der Waals surface area contributed by atoms with Crippen molar-refractivity contribution in [2.45, 2.75) is 19.6 Å². The van der Waals surface area contributed by atoms with Crippen molar-refractivity contribution in [2.24, 2.45) is 0 Å². The molecule has 0 atom stereocenters. The fourth-order valence-corrected chi connectivity index (χ4v) is 0. The minimum atomic E-state index is -0.978. The Balaban J connectivity index is 0. The monoisotopic (exact) mass is 198 g/mol. The first-order valence-corrected chi connectivity index (χ1v) is 9.87. The van der Waals surface area contributed by atoms with Crippen LogP contribution >= 0.6 is 9.69 Å². The van der Waals surface area contributed by atoms with Gasteiger partial charge in [0.15, 0.2) is 0 Å². The summed E-state index contributed by atoms with van der Waals surface area (Å²) < 4.78 is 0. The van der Waals surface area contributed by atoms with Crippen molar-refractivity contribution < 1.29 is 17.3 Å². The average molecular weight is 200 g/mol. The van der Waals surface area contributed by atoms with E-state index in [0.717, 1.165) is 17.3 Å². The molecule has 0 bridgehead atoms. The summed E-state index contributed by atoms with van der Waals surface area (Å²) in [5.41, 5.74) is 1.83. The standard InChI is InChI=1S/C5H11Si.ClH.Zn/c1-5-6(2,3)4;;/h1,5H,2-4H3;1H;/q-1;;+2/p-1. The maximum atomic E-state index is 5.24. The summed E-state index contributed by atoms with van der Waals surface area (Å²) >= 11 is 0.847. The summed E-state index contributed by atoms with van der Waals surface area (Å²) in [6.45, 7) is 11.8. The number of rotatable bonds is 1. The van der Waals surface area contributed by atoms with E-state index in [1.54, 1.807) is 0 Å². The van der Waals surface area contributed by atoms with E-state index in [4.69, 9.17) is 16.3 Å². The van der Waals surface area contributed by atoms with Crippen LogP contribution in [0.3, 0.4) is 0 Å². The van der Waals surface area contributed by atoms with Crippen molar-refractivity contribution in [3.05, 3.63) is 12.3 Å². The molecule has 0 radical (unpaired) electrons. The summed E-state index contributed by atoms with van der Waals surface area (Å²) in [5.74, 6) is 0. The van der Waals surface area contributed by atoms with E-state index in [1.807, 2.05) is 5.70 Å². The molecule has 0 heterocycles. The zero-order valence-corrected chi connectivity index (χ0v) is 10.5. The van der Waals surface area contributed by atoms with Gasteiger partial charge in [-0.3, -0.25) is 5.70 Å². The van der Waals surface area contributed by atoms with Crippen LogP contribution in [0, 0.1) is 6.58 Å². The molecule has 0 N–H and O–H groups in total. The molecule has 0 aromatic carbocycles. The van der Waals surface area contributed by atoms with E-state index in [2.05, 4.69) is 19.6 Å². The van der Waals surface area contributed by atoms with Gasteiger partial charge in [0.2, 0.25) is 0 Å². The topological polar surface area (TPSA) is 0 Å². The Bertz CT molecular complexity index is 57.9. The molecule has 0 aromatic heterocycles. The van der Waals surface area contributed by atoms with Gasteiger partial charge in [-0.1, -0.05) is 19.6 Å². The van der Waals surface area contributed by atoms with Gasteiger partial charge in [0, 0.05) is 8.07 Å². The molecular formula is C5H11ClSiZn.